The second kappa shape index (κ2) is 9.84. The van der Waals surface area contributed by atoms with Crippen LogP contribution in [0.1, 0.15) is 26.2 Å². The quantitative estimate of drug-likeness (QED) is 0.524. The zero-order valence-corrected chi connectivity index (χ0v) is 17.4. The summed E-state index contributed by atoms with van der Waals surface area (Å²) in [6, 6.07) is 7.52. The minimum atomic E-state index is -0.0560. The molecule has 0 unspecified atom stereocenters. The molecule has 8 heteroatoms. The lowest BCUT2D eigenvalue weighted by molar-refractivity contribution is -0.121. The Labute approximate surface area is 171 Å². The molecule has 1 amide bonds. The van der Waals surface area contributed by atoms with Crippen LogP contribution in [-0.2, 0) is 11.3 Å². The van der Waals surface area contributed by atoms with Crippen LogP contribution in [0.3, 0.4) is 0 Å². The van der Waals surface area contributed by atoms with Gasteiger partial charge in [-0.2, -0.15) is 5.10 Å². The van der Waals surface area contributed by atoms with Gasteiger partial charge in [0, 0.05) is 12.1 Å². The zero-order chi connectivity index (χ0) is 19.9. The van der Waals surface area contributed by atoms with Crippen LogP contribution in [0.5, 0.6) is 5.75 Å². The Kier molecular flexibility index (Phi) is 7.22. The zero-order valence-electron chi connectivity index (χ0n) is 16.6. The molecule has 1 fully saturated rings. The van der Waals surface area contributed by atoms with E-state index in [4.69, 9.17) is 17.0 Å². The molecule has 1 aromatic heterocycles. The Morgan fingerprint density at radius 1 is 1.32 bits per heavy atom. The maximum atomic E-state index is 12.4. The van der Waals surface area contributed by atoms with Crippen LogP contribution >= 0.6 is 12.2 Å². The molecule has 0 bridgehead atoms. The smallest absolute Gasteiger partial charge is 0.240 e. The summed E-state index contributed by atoms with van der Waals surface area (Å²) in [7, 11) is 1.63. The van der Waals surface area contributed by atoms with E-state index in [2.05, 4.69) is 27.3 Å². The first-order valence-electron chi connectivity index (χ1n) is 9.85. The number of benzene rings is 1. The lowest BCUT2D eigenvalue weighted by Gasteiger charge is -2.30. The van der Waals surface area contributed by atoms with Gasteiger partial charge >= 0.3 is 0 Å². The van der Waals surface area contributed by atoms with E-state index in [9.17, 15) is 4.79 Å². The van der Waals surface area contributed by atoms with Gasteiger partial charge in [-0.25, -0.2) is 0 Å². The fraction of sp³-hybridized carbons (Fsp3) is 0.550. The first-order valence-corrected chi connectivity index (χ1v) is 10.3. The number of rotatable bonds is 8. The molecule has 0 spiro atoms. The van der Waals surface area contributed by atoms with Gasteiger partial charge in [0.15, 0.2) is 10.6 Å². The summed E-state index contributed by atoms with van der Waals surface area (Å²) in [5.41, 5.74) is 0.875. The molecule has 0 aliphatic carbocycles. The van der Waals surface area contributed by atoms with Gasteiger partial charge in [-0.15, -0.1) is 0 Å². The van der Waals surface area contributed by atoms with Gasteiger partial charge in [0.1, 0.15) is 12.3 Å². The van der Waals surface area contributed by atoms with Crippen molar-refractivity contribution in [1.82, 2.24) is 25.0 Å². The second-order valence-corrected chi connectivity index (χ2v) is 7.78. The fourth-order valence-corrected chi connectivity index (χ4v) is 3.64. The number of ether oxygens (including phenoxy) is 1. The third-order valence-electron chi connectivity index (χ3n) is 5.26. The van der Waals surface area contributed by atoms with Crippen molar-refractivity contribution in [2.45, 2.75) is 32.7 Å². The van der Waals surface area contributed by atoms with Gasteiger partial charge in [-0.3, -0.25) is 14.5 Å². The topological polar surface area (TPSA) is 75.2 Å². The van der Waals surface area contributed by atoms with Crippen LogP contribution in [0.2, 0.25) is 0 Å². The molecule has 2 aromatic rings. The standard InChI is InChI=1S/C20H29N5O2S/c1-15-8-12-24(13-9-15)11-3-10-21-18(26)14-25-19(22-23-20(25)28)16-4-6-17(27-2)7-5-16/h4-7,15H,3,8-14H2,1-2H3,(H,21,26)(H,23,28). The van der Waals surface area contributed by atoms with E-state index in [-0.39, 0.29) is 12.5 Å². The number of aromatic nitrogens is 3. The van der Waals surface area contributed by atoms with Crippen LogP contribution in [0.15, 0.2) is 24.3 Å². The number of methoxy groups -OCH3 is 1. The Bertz CT molecular complexity index is 822. The van der Waals surface area contributed by atoms with Crippen molar-refractivity contribution in [2.24, 2.45) is 5.92 Å². The maximum absolute atomic E-state index is 12.4. The monoisotopic (exact) mass is 403 g/mol. The summed E-state index contributed by atoms with van der Waals surface area (Å²) in [4.78, 5) is 14.9. The number of carbonyl (C=O) groups excluding carboxylic acids is 1. The minimum absolute atomic E-state index is 0.0560. The van der Waals surface area contributed by atoms with Crippen molar-refractivity contribution < 1.29 is 9.53 Å². The van der Waals surface area contributed by atoms with Crippen LogP contribution in [0, 0.1) is 10.7 Å². The lowest BCUT2D eigenvalue weighted by Crippen LogP contribution is -2.36. The third-order valence-corrected chi connectivity index (χ3v) is 5.57. The Hall–Kier alpha value is -2.19. The molecular weight excluding hydrogens is 374 g/mol. The second-order valence-electron chi connectivity index (χ2n) is 7.39. The molecule has 28 heavy (non-hydrogen) atoms. The Balaban J connectivity index is 1.50. The maximum Gasteiger partial charge on any atom is 0.240 e. The van der Waals surface area contributed by atoms with E-state index in [1.54, 1.807) is 11.7 Å². The van der Waals surface area contributed by atoms with Gasteiger partial charge < -0.3 is 15.0 Å². The number of H-pyrrole nitrogens is 1. The number of hydrogen-bond acceptors (Lipinski definition) is 5. The lowest BCUT2D eigenvalue weighted by atomic mass is 9.99. The summed E-state index contributed by atoms with van der Waals surface area (Å²) in [6.45, 7) is 6.52. The number of hydrogen-bond donors (Lipinski definition) is 2. The normalized spacial score (nSPS) is 15.5. The van der Waals surface area contributed by atoms with E-state index >= 15 is 0 Å². The highest BCUT2D eigenvalue weighted by atomic mass is 32.1. The summed E-state index contributed by atoms with van der Waals surface area (Å²) in [5, 5.41) is 10.1. The molecule has 0 saturated carbocycles. The van der Waals surface area contributed by atoms with Crippen molar-refractivity contribution in [3.63, 3.8) is 0 Å². The Morgan fingerprint density at radius 3 is 2.71 bits per heavy atom. The van der Waals surface area contributed by atoms with E-state index in [1.807, 2.05) is 24.3 Å². The Morgan fingerprint density at radius 2 is 2.04 bits per heavy atom. The van der Waals surface area contributed by atoms with Gasteiger partial charge in [0.05, 0.1) is 7.11 Å². The predicted molar refractivity (Wildman–Crippen MR) is 112 cm³/mol. The molecule has 2 N–H and O–H groups in total. The molecule has 1 aliphatic rings. The number of nitrogens with zero attached hydrogens (tertiary/aromatic N) is 3. The van der Waals surface area contributed by atoms with Crippen LogP contribution in [0.4, 0.5) is 0 Å². The van der Waals surface area contributed by atoms with Gasteiger partial charge in [0.2, 0.25) is 5.91 Å². The largest absolute Gasteiger partial charge is 0.497 e. The number of piperidine rings is 1. The number of carbonyl (C=O) groups is 1. The fourth-order valence-electron chi connectivity index (χ4n) is 3.44. The van der Waals surface area contributed by atoms with E-state index in [1.165, 1.54) is 25.9 Å². The van der Waals surface area contributed by atoms with Crippen LogP contribution in [-0.4, -0.2) is 58.9 Å². The molecule has 1 aliphatic heterocycles. The van der Waals surface area contributed by atoms with E-state index in [0.717, 1.165) is 30.2 Å². The van der Waals surface area contributed by atoms with Crippen molar-refractivity contribution >= 4 is 18.1 Å². The predicted octanol–water partition coefficient (Wildman–Crippen LogP) is 2.85. The highest BCUT2D eigenvalue weighted by Gasteiger charge is 2.15. The van der Waals surface area contributed by atoms with Crippen LogP contribution < -0.4 is 10.1 Å². The average molecular weight is 404 g/mol. The number of amides is 1. The van der Waals surface area contributed by atoms with Crippen molar-refractivity contribution in [1.29, 1.82) is 0 Å². The molecule has 3 rings (SSSR count). The molecule has 1 saturated heterocycles. The number of likely N-dealkylation sites (tertiary alicyclic amines) is 1. The molecule has 7 nitrogen and oxygen atoms in total. The first kappa shape index (κ1) is 20.5. The van der Waals surface area contributed by atoms with Crippen molar-refractivity contribution in [3.05, 3.63) is 29.0 Å². The van der Waals surface area contributed by atoms with Crippen LogP contribution in [0.25, 0.3) is 11.4 Å². The first-order chi connectivity index (χ1) is 13.6. The average Bonchev–Trinajstić information content (AvgIpc) is 3.07. The molecule has 2 heterocycles. The summed E-state index contributed by atoms with van der Waals surface area (Å²) >= 11 is 5.30. The number of nitrogens with one attached hydrogen (secondary N) is 2. The summed E-state index contributed by atoms with van der Waals surface area (Å²) in [6.07, 6.45) is 3.51. The summed E-state index contributed by atoms with van der Waals surface area (Å²) < 4.78 is 7.34. The van der Waals surface area contributed by atoms with Gasteiger partial charge in [-0.05, 0) is 81.3 Å². The molecule has 0 atom stereocenters. The molecule has 1 aromatic carbocycles. The van der Waals surface area contributed by atoms with E-state index < -0.39 is 0 Å². The molecular formula is C20H29N5O2S. The third kappa shape index (κ3) is 5.42. The molecule has 0 radical (unpaired) electrons. The van der Waals surface area contributed by atoms with E-state index in [0.29, 0.717) is 17.1 Å². The SMILES string of the molecule is COc1ccc(-c2n[nH]c(=S)n2CC(=O)NCCCN2CCC(C)CC2)cc1. The summed E-state index contributed by atoms with van der Waals surface area (Å²) in [5.74, 6) is 2.20. The van der Waals surface area contributed by atoms with Gasteiger partial charge in [-0.1, -0.05) is 6.92 Å². The number of aromatic amines is 1. The molecule has 152 valence electrons. The van der Waals surface area contributed by atoms with Gasteiger partial charge in [0.25, 0.3) is 0 Å². The highest BCUT2D eigenvalue weighted by molar-refractivity contribution is 7.71. The van der Waals surface area contributed by atoms with Crippen molar-refractivity contribution in [2.75, 3.05) is 33.3 Å². The highest BCUT2D eigenvalue weighted by Crippen LogP contribution is 2.21. The van der Waals surface area contributed by atoms with Crippen molar-refractivity contribution in [3.8, 4) is 17.1 Å². The minimum Gasteiger partial charge on any atom is -0.497 e.